The van der Waals surface area contributed by atoms with Gasteiger partial charge in [0.2, 0.25) is 0 Å². The van der Waals surface area contributed by atoms with Gasteiger partial charge in [-0.15, -0.1) is 5.10 Å². The second kappa shape index (κ2) is 7.14. The molecule has 1 atom stereocenters. The maximum absolute atomic E-state index is 4.45. The maximum Gasteiger partial charge on any atom is 0.170 e. The zero-order valence-corrected chi connectivity index (χ0v) is 14.5. The van der Waals surface area contributed by atoms with Crippen LogP contribution in [0, 0.1) is 6.92 Å². The van der Waals surface area contributed by atoms with E-state index >= 15 is 0 Å². The molecule has 0 aliphatic carbocycles. The van der Waals surface area contributed by atoms with Crippen molar-refractivity contribution in [3.05, 3.63) is 54.1 Å². The first-order valence-corrected chi connectivity index (χ1v) is 8.85. The summed E-state index contributed by atoms with van der Waals surface area (Å²) >= 11 is 0. The number of benzene rings is 1. The molecule has 1 aliphatic rings. The van der Waals surface area contributed by atoms with Crippen LogP contribution in [0.2, 0.25) is 0 Å². The van der Waals surface area contributed by atoms with Crippen molar-refractivity contribution in [2.45, 2.75) is 45.3 Å². The molecule has 0 saturated carbocycles. The molecule has 1 aromatic carbocycles. The third kappa shape index (κ3) is 3.61. The summed E-state index contributed by atoms with van der Waals surface area (Å²) in [6.07, 6.45) is 7.71. The Hall–Kier alpha value is -2.54. The van der Waals surface area contributed by atoms with Crippen molar-refractivity contribution in [1.82, 2.24) is 34.9 Å². The van der Waals surface area contributed by atoms with Crippen LogP contribution in [0.1, 0.15) is 30.7 Å². The second-order valence-corrected chi connectivity index (χ2v) is 6.70. The van der Waals surface area contributed by atoms with E-state index < -0.39 is 0 Å². The first kappa shape index (κ1) is 16.0. The maximum atomic E-state index is 4.45. The Labute approximate surface area is 147 Å². The summed E-state index contributed by atoms with van der Waals surface area (Å²) in [6.45, 7) is 4.83. The summed E-state index contributed by atoms with van der Waals surface area (Å²) < 4.78 is 3.89. The Morgan fingerprint density at radius 1 is 1.16 bits per heavy atom. The van der Waals surface area contributed by atoms with Gasteiger partial charge < -0.3 is 0 Å². The number of para-hydroxylation sites is 1. The predicted octanol–water partition coefficient (Wildman–Crippen LogP) is 2.22. The minimum atomic E-state index is 0.467. The van der Waals surface area contributed by atoms with Gasteiger partial charge in [0.25, 0.3) is 0 Å². The Morgan fingerprint density at radius 3 is 2.84 bits per heavy atom. The van der Waals surface area contributed by atoms with E-state index in [1.807, 2.05) is 41.2 Å². The molecule has 2 aromatic heterocycles. The van der Waals surface area contributed by atoms with E-state index in [1.165, 1.54) is 24.8 Å². The highest BCUT2D eigenvalue weighted by Crippen LogP contribution is 2.21. The molecular weight excluding hydrogens is 314 g/mol. The minimum Gasteiger partial charge on any atom is -0.291 e. The minimum absolute atomic E-state index is 0.467. The van der Waals surface area contributed by atoms with Crippen molar-refractivity contribution in [3.63, 3.8) is 0 Å². The van der Waals surface area contributed by atoms with Crippen LogP contribution in [0.4, 0.5) is 0 Å². The zero-order chi connectivity index (χ0) is 17.1. The van der Waals surface area contributed by atoms with E-state index in [9.17, 15) is 0 Å². The van der Waals surface area contributed by atoms with Gasteiger partial charge >= 0.3 is 0 Å². The lowest BCUT2D eigenvalue weighted by Crippen LogP contribution is -2.42. The molecule has 0 spiro atoms. The van der Waals surface area contributed by atoms with E-state index in [0.717, 1.165) is 31.1 Å². The summed E-state index contributed by atoms with van der Waals surface area (Å²) in [4.78, 5) is 2.49. The molecule has 130 valence electrons. The number of piperidine rings is 1. The molecule has 7 heteroatoms. The lowest BCUT2D eigenvalue weighted by atomic mass is 10.0. The quantitative estimate of drug-likeness (QED) is 0.714. The fourth-order valence-electron chi connectivity index (χ4n) is 3.51. The summed E-state index contributed by atoms with van der Waals surface area (Å²) in [5.41, 5.74) is 2.20. The molecule has 25 heavy (non-hydrogen) atoms. The molecule has 1 aliphatic heterocycles. The Kier molecular flexibility index (Phi) is 4.56. The van der Waals surface area contributed by atoms with Gasteiger partial charge in [-0.1, -0.05) is 24.6 Å². The SMILES string of the molecule is Cc1cnn(CC2CCCCN2Cc2nnnn2-c2ccccc2)c1. The number of nitrogens with zero attached hydrogens (tertiary/aromatic N) is 7. The van der Waals surface area contributed by atoms with Crippen LogP contribution >= 0.6 is 0 Å². The van der Waals surface area contributed by atoms with E-state index in [1.54, 1.807) is 0 Å². The van der Waals surface area contributed by atoms with Crippen LogP contribution in [-0.4, -0.2) is 47.5 Å². The standard InChI is InChI=1S/C18H23N7/c1-15-11-19-24(12-15)13-17-9-5-6-10-23(17)14-18-20-21-22-25(18)16-7-3-2-4-8-16/h2-4,7-8,11-12,17H,5-6,9-10,13-14H2,1H3. The third-order valence-corrected chi connectivity index (χ3v) is 4.79. The number of tetrazole rings is 1. The van der Waals surface area contributed by atoms with Crippen molar-refractivity contribution in [1.29, 1.82) is 0 Å². The lowest BCUT2D eigenvalue weighted by Gasteiger charge is -2.35. The van der Waals surface area contributed by atoms with Gasteiger partial charge in [0.1, 0.15) is 0 Å². The van der Waals surface area contributed by atoms with Crippen LogP contribution in [-0.2, 0) is 13.1 Å². The Morgan fingerprint density at radius 2 is 2.04 bits per heavy atom. The van der Waals surface area contributed by atoms with Crippen LogP contribution in [0.25, 0.3) is 5.69 Å². The number of rotatable bonds is 5. The summed E-state index contributed by atoms with van der Waals surface area (Å²) in [5, 5.41) is 16.8. The molecule has 1 unspecified atom stereocenters. The van der Waals surface area contributed by atoms with Crippen molar-refractivity contribution in [3.8, 4) is 5.69 Å². The fourth-order valence-corrected chi connectivity index (χ4v) is 3.51. The highest BCUT2D eigenvalue weighted by Gasteiger charge is 2.25. The molecule has 0 bridgehead atoms. The first-order valence-electron chi connectivity index (χ1n) is 8.85. The normalized spacial score (nSPS) is 18.5. The van der Waals surface area contributed by atoms with E-state index in [2.05, 4.69) is 43.3 Å². The highest BCUT2D eigenvalue weighted by molar-refractivity contribution is 5.30. The van der Waals surface area contributed by atoms with Crippen molar-refractivity contribution >= 4 is 0 Å². The second-order valence-electron chi connectivity index (χ2n) is 6.70. The van der Waals surface area contributed by atoms with Crippen LogP contribution in [0.15, 0.2) is 42.7 Å². The van der Waals surface area contributed by atoms with E-state index in [-0.39, 0.29) is 0 Å². The molecule has 1 fully saturated rings. The molecule has 4 rings (SSSR count). The van der Waals surface area contributed by atoms with Crippen LogP contribution in [0.3, 0.4) is 0 Å². The fraction of sp³-hybridized carbons (Fsp3) is 0.444. The van der Waals surface area contributed by atoms with Crippen LogP contribution in [0.5, 0.6) is 0 Å². The number of aryl methyl sites for hydroxylation is 1. The lowest BCUT2D eigenvalue weighted by molar-refractivity contribution is 0.118. The van der Waals surface area contributed by atoms with Crippen molar-refractivity contribution in [2.75, 3.05) is 6.54 Å². The first-order chi connectivity index (χ1) is 12.3. The largest absolute Gasteiger partial charge is 0.291 e. The summed E-state index contributed by atoms with van der Waals surface area (Å²) in [5.74, 6) is 0.884. The number of hydrogen-bond donors (Lipinski definition) is 0. The molecule has 7 nitrogen and oxygen atoms in total. The molecule has 3 heterocycles. The molecule has 0 amide bonds. The number of aromatic nitrogens is 6. The molecule has 0 radical (unpaired) electrons. The molecular formula is C18H23N7. The van der Waals surface area contributed by atoms with Gasteiger partial charge in [-0.05, 0) is 54.4 Å². The van der Waals surface area contributed by atoms with Crippen molar-refractivity contribution in [2.24, 2.45) is 0 Å². The van der Waals surface area contributed by atoms with Gasteiger partial charge in [0, 0.05) is 12.2 Å². The monoisotopic (exact) mass is 337 g/mol. The van der Waals surface area contributed by atoms with Gasteiger partial charge in [-0.2, -0.15) is 9.78 Å². The third-order valence-electron chi connectivity index (χ3n) is 4.79. The average molecular weight is 337 g/mol. The Balaban J connectivity index is 1.51. The van der Waals surface area contributed by atoms with E-state index in [0.29, 0.717) is 6.04 Å². The zero-order valence-electron chi connectivity index (χ0n) is 14.5. The smallest absolute Gasteiger partial charge is 0.170 e. The van der Waals surface area contributed by atoms with Crippen molar-refractivity contribution < 1.29 is 0 Å². The predicted molar refractivity (Wildman–Crippen MR) is 94.2 cm³/mol. The highest BCUT2D eigenvalue weighted by atomic mass is 15.5. The topological polar surface area (TPSA) is 64.7 Å². The number of hydrogen-bond acceptors (Lipinski definition) is 5. The van der Waals surface area contributed by atoms with Gasteiger partial charge in [0.05, 0.1) is 25.0 Å². The van der Waals surface area contributed by atoms with Gasteiger partial charge in [-0.25, -0.2) is 0 Å². The van der Waals surface area contributed by atoms with Gasteiger partial charge in [-0.3, -0.25) is 9.58 Å². The van der Waals surface area contributed by atoms with Gasteiger partial charge in [0.15, 0.2) is 5.82 Å². The van der Waals surface area contributed by atoms with Crippen LogP contribution < -0.4 is 0 Å². The van der Waals surface area contributed by atoms with E-state index in [4.69, 9.17) is 0 Å². The Bertz CT molecular complexity index is 808. The molecule has 3 aromatic rings. The number of likely N-dealkylation sites (tertiary alicyclic amines) is 1. The summed E-state index contributed by atoms with van der Waals surface area (Å²) in [7, 11) is 0. The summed E-state index contributed by atoms with van der Waals surface area (Å²) in [6, 6.07) is 10.5. The molecule has 1 saturated heterocycles. The molecule has 0 N–H and O–H groups in total. The average Bonchev–Trinajstić information content (AvgIpc) is 3.26.